The van der Waals surface area contributed by atoms with Crippen molar-refractivity contribution in [3.63, 3.8) is 0 Å². The Labute approximate surface area is 152 Å². The Bertz CT molecular complexity index is 974. The van der Waals surface area contributed by atoms with Gasteiger partial charge in [0.15, 0.2) is 17.5 Å². The molecule has 8 heteroatoms. The molecule has 0 unspecified atom stereocenters. The lowest BCUT2D eigenvalue weighted by atomic mass is 10.2. The van der Waals surface area contributed by atoms with Crippen LogP contribution in [0, 0.1) is 24.4 Å². The topological polar surface area (TPSA) is 46.9 Å². The van der Waals surface area contributed by atoms with Crippen LogP contribution in [0.3, 0.4) is 0 Å². The number of benzene rings is 2. The summed E-state index contributed by atoms with van der Waals surface area (Å²) in [5.41, 5.74) is 0.800. The van der Waals surface area contributed by atoms with E-state index in [4.69, 9.17) is 11.6 Å². The molecule has 0 aliphatic carbocycles. The quantitative estimate of drug-likeness (QED) is 0.675. The molecule has 0 saturated heterocycles. The third kappa shape index (κ3) is 3.43. The van der Waals surface area contributed by atoms with E-state index >= 15 is 0 Å². The maximum Gasteiger partial charge on any atom is 0.260 e. The standard InChI is InChI=1S/C18H13ClF3N3O/c1-10-14(17(19)25(24-10)9-11-5-3-2-4-6-11)18(26)23-13-8-7-12(20)15(21)16(13)22/h2-8H,9H2,1H3,(H,23,26). The Morgan fingerprint density at radius 1 is 1.12 bits per heavy atom. The van der Waals surface area contributed by atoms with Gasteiger partial charge in [-0.05, 0) is 24.6 Å². The molecule has 3 rings (SSSR count). The predicted octanol–water partition coefficient (Wildman–Crippen LogP) is 4.56. The first kappa shape index (κ1) is 18.0. The van der Waals surface area contributed by atoms with Gasteiger partial charge >= 0.3 is 0 Å². The van der Waals surface area contributed by atoms with E-state index in [-0.39, 0.29) is 10.7 Å². The maximum atomic E-state index is 13.7. The molecular weight excluding hydrogens is 367 g/mol. The van der Waals surface area contributed by atoms with Crippen LogP contribution in [0.4, 0.5) is 18.9 Å². The average Bonchev–Trinajstić information content (AvgIpc) is 2.90. The van der Waals surface area contributed by atoms with E-state index in [0.717, 1.165) is 17.7 Å². The average molecular weight is 380 g/mol. The van der Waals surface area contributed by atoms with Gasteiger partial charge in [-0.15, -0.1) is 0 Å². The van der Waals surface area contributed by atoms with Gasteiger partial charge in [0.1, 0.15) is 5.15 Å². The van der Waals surface area contributed by atoms with Crippen LogP contribution in [0.15, 0.2) is 42.5 Å². The summed E-state index contributed by atoms with van der Waals surface area (Å²) in [6.45, 7) is 1.91. The van der Waals surface area contributed by atoms with Gasteiger partial charge in [-0.2, -0.15) is 5.10 Å². The van der Waals surface area contributed by atoms with Crippen LogP contribution >= 0.6 is 11.6 Å². The zero-order valence-corrected chi connectivity index (χ0v) is 14.3. The molecule has 0 saturated carbocycles. The molecule has 3 aromatic rings. The first-order chi connectivity index (χ1) is 12.4. The molecule has 4 nitrogen and oxygen atoms in total. The molecule has 0 aliphatic heterocycles. The number of halogens is 4. The highest BCUT2D eigenvalue weighted by Gasteiger charge is 2.22. The van der Waals surface area contributed by atoms with Gasteiger partial charge in [-0.25, -0.2) is 17.9 Å². The molecule has 1 amide bonds. The molecule has 1 heterocycles. The van der Waals surface area contributed by atoms with E-state index in [1.165, 1.54) is 4.68 Å². The summed E-state index contributed by atoms with van der Waals surface area (Å²) < 4.78 is 41.5. The number of nitrogens with zero attached hydrogens (tertiary/aromatic N) is 2. The lowest BCUT2D eigenvalue weighted by Gasteiger charge is -2.07. The Morgan fingerprint density at radius 3 is 2.50 bits per heavy atom. The summed E-state index contributed by atoms with van der Waals surface area (Å²) >= 11 is 6.25. The van der Waals surface area contributed by atoms with Crippen LogP contribution in [0.25, 0.3) is 0 Å². The molecule has 2 aromatic carbocycles. The van der Waals surface area contributed by atoms with Crippen molar-refractivity contribution in [1.29, 1.82) is 0 Å². The van der Waals surface area contributed by atoms with Crippen LogP contribution in [-0.4, -0.2) is 15.7 Å². The number of amides is 1. The predicted molar refractivity (Wildman–Crippen MR) is 91.8 cm³/mol. The number of rotatable bonds is 4. The second kappa shape index (κ2) is 7.21. The van der Waals surface area contributed by atoms with Crippen molar-refractivity contribution < 1.29 is 18.0 Å². The first-order valence-electron chi connectivity index (χ1n) is 7.60. The SMILES string of the molecule is Cc1nn(Cc2ccccc2)c(Cl)c1C(=O)Nc1ccc(F)c(F)c1F. The number of carbonyl (C=O) groups is 1. The fourth-order valence-corrected chi connectivity index (χ4v) is 2.80. The Hall–Kier alpha value is -2.80. The van der Waals surface area contributed by atoms with Crippen molar-refractivity contribution in [3.8, 4) is 0 Å². The second-order valence-electron chi connectivity index (χ2n) is 5.57. The molecule has 0 atom stereocenters. The molecule has 0 fully saturated rings. The smallest absolute Gasteiger partial charge is 0.260 e. The number of aryl methyl sites for hydroxylation is 1. The normalized spacial score (nSPS) is 10.8. The van der Waals surface area contributed by atoms with Crippen molar-refractivity contribution in [2.24, 2.45) is 0 Å². The van der Waals surface area contributed by atoms with Gasteiger partial charge in [0.05, 0.1) is 23.5 Å². The number of hydrogen-bond acceptors (Lipinski definition) is 2. The number of anilines is 1. The molecule has 26 heavy (non-hydrogen) atoms. The van der Waals surface area contributed by atoms with Crippen molar-refractivity contribution in [1.82, 2.24) is 9.78 Å². The maximum absolute atomic E-state index is 13.7. The highest BCUT2D eigenvalue weighted by atomic mass is 35.5. The minimum atomic E-state index is -1.66. The highest BCUT2D eigenvalue weighted by Crippen LogP contribution is 2.24. The van der Waals surface area contributed by atoms with Crippen LogP contribution in [0.5, 0.6) is 0 Å². The van der Waals surface area contributed by atoms with E-state index in [0.29, 0.717) is 12.2 Å². The molecule has 0 spiro atoms. The number of hydrogen-bond donors (Lipinski definition) is 1. The second-order valence-corrected chi connectivity index (χ2v) is 5.93. The summed E-state index contributed by atoms with van der Waals surface area (Å²) in [6.07, 6.45) is 0. The molecule has 0 radical (unpaired) electrons. The van der Waals surface area contributed by atoms with Gasteiger partial charge in [0.2, 0.25) is 0 Å². The van der Waals surface area contributed by atoms with E-state index in [1.54, 1.807) is 6.92 Å². The van der Waals surface area contributed by atoms with Crippen molar-refractivity contribution in [2.75, 3.05) is 5.32 Å². The van der Waals surface area contributed by atoms with Gasteiger partial charge in [-0.3, -0.25) is 4.79 Å². The summed E-state index contributed by atoms with van der Waals surface area (Å²) in [4.78, 5) is 12.4. The molecule has 1 N–H and O–H groups in total. The highest BCUT2D eigenvalue weighted by molar-refractivity contribution is 6.33. The zero-order chi connectivity index (χ0) is 18.8. The van der Waals surface area contributed by atoms with Crippen molar-refractivity contribution in [3.05, 3.63) is 81.9 Å². The van der Waals surface area contributed by atoms with Gasteiger partial charge < -0.3 is 5.32 Å². The third-order valence-corrected chi connectivity index (χ3v) is 4.14. The summed E-state index contributed by atoms with van der Waals surface area (Å²) in [5.74, 6) is -5.25. The van der Waals surface area contributed by atoms with Crippen molar-refractivity contribution in [2.45, 2.75) is 13.5 Å². The monoisotopic (exact) mass is 379 g/mol. The van der Waals surface area contributed by atoms with Crippen molar-refractivity contribution >= 4 is 23.2 Å². The van der Waals surface area contributed by atoms with E-state index in [2.05, 4.69) is 10.4 Å². The lowest BCUT2D eigenvalue weighted by molar-refractivity contribution is 0.102. The van der Waals surface area contributed by atoms with Crippen LogP contribution in [0.1, 0.15) is 21.6 Å². The van der Waals surface area contributed by atoms with Crippen LogP contribution in [0.2, 0.25) is 5.15 Å². The zero-order valence-electron chi connectivity index (χ0n) is 13.6. The molecule has 134 valence electrons. The summed E-state index contributed by atoms with van der Waals surface area (Å²) in [7, 11) is 0. The molecule has 0 bridgehead atoms. The summed E-state index contributed by atoms with van der Waals surface area (Å²) in [6, 6.07) is 11.0. The molecular formula is C18H13ClF3N3O. The number of aromatic nitrogens is 2. The minimum absolute atomic E-state index is 0.0340. The van der Waals surface area contributed by atoms with E-state index in [9.17, 15) is 18.0 Å². The Balaban J connectivity index is 1.87. The van der Waals surface area contributed by atoms with Crippen LogP contribution < -0.4 is 5.32 Å². The van der Waals surface area contributed by atoms with Gasteiger partial charge in [0, 0.05) is 0 Å². The Morgan fingerprint density at radius 2 is 1.81 bits per heavy atom. The molecule has 1 aromatic heterocycles. The third-order valence-electron chi connectivity index (χ3n) is 3.75. The van der Waals surface area contributed by atoms with Gasteiger partial charge in [0.25, 0.3) is 5.91 Å². The molecule has 0 aliphatic rings. The number of carbonyl (C=O) groups excluding carboxylic acids is 1. The van der Waals surface area contributed by atoms with E-state index < -0.39 is 29.0 Å². The Kier molecular flexibility index (Phi) is 4.99. The number of nitrogens with one attached hydrogen (secondary N) is 1. The fourth-order valence-electron chi connectivity index (χ4n) is 2.48. The summed E-state index contributed by atoms with van der Waals surface area (Å²) in [5, 5.41) is 6.48. The van der Waals surface area contributed by atoms with Gasteiger partial charge in [-0.1, -0.05) is 41.9 Å². The fraction of sp³-hybridized carbons (Fsp3) is 0.111. The lowest BCUT2D eigenvalue weighted by Crippen LogP contribution is -2.15. The van der Waals surface area contributed by atoms with E-state index in [1.807, 2.05) is 30.3 Å². The largest absolute Gasteiger partial charge is 0.319 e. The van der Waals surface area contributed by atoms with Crippen LogP contribution in [-0.2, 0) is 6.54 Å². The first-order valence-corrected chi connectivity index (χ1v) is 7.98. The minimum Gasteiger partial charge on any atom is -0.319 e.